The van der Waals surface area contributed by atoms with Crippen LogP contribution in [0.25, 0.3) is 0 Å². The molecule has 0 bridgehead atoms. The van der Waals surface area contributed by atoms with Crippen molar-refractivity contribution in [3.05, 3.63) is 35.2 Å². The van der Waals surface area contributed by atoms with Crippen molar-refractivity contribution >= 4 is 11.7 Å². The second-order valence-corrected chi connectivity index (χ2v) is 4.70. The summed E-state index contributed by atoms with van der Waals surface area (Å²) in [5.74, 6) is 0.443. The Balaban J connectivity index is 1.79. The van der Waals surface area contributed by atoms with Gasteiger partial charge in [0.15, 0.2) is 0 Å². The lowest BCUT2D eigenvalue weighted by atomic mass is 10.1. The highest BCUT2D eigenvalue weighted by Crippen LogP contribution is 2.26. The average Bonchev–Trinajstić information content (AvgIpc) is 2.96. The third-order valence-corrected chi connectivity index (χ3v) is 3.18. The van der Waals surface area contributed by atoms with Crippen LogP contribution in [0.15, 0.2) is 22.6 Å². The first-order valence-corrected chi connectivity index (χ1v) is 6.20. The van der Waals surface area contributed by atoms with E-state index in [1.807, 2.05) is 13.0 Å². The lowest BCUT2D eigenvalue weighted by Gasteiger charge is -2.04. The van der Waals surface area contributed by atoms with Crippen LogP contribution in [0.1, 0.15) is 36.4 Å². The van der Waals surface area contributed by atoms with Crippen molar-refractivity contribution in [2.24, 2.45) is 5.73 Å². The van der Waals surface area contributed by atoms with Crippen molar-refractivity contribution < 1.29 is 4.42 Å². The van der Waals surface area contributed by atoms with E-state index in [4.69, 9.17) is 10.2 Å². The van der Waals surface area contributed by atoms with E-state index in [9.17, 15) is 0 Å². The van der Waals surface area contributed by atoms with Crippen LogP contribution in [0.3, 0.4) is 0 Å². The van der Waals surface area contributed by atoms with Crippen LogP contribution in [-0.4, -0.2) is 10.2 Å². The fraction of sp³-hybridized carbons (Fsp3) is 0.385. The van der Waals surface area contributed by atoms with Gasteiger partial charge in [-0.1, -0.05) is 11.2 Å². The summed E-state index contributed by atoms with van der Waals surface area (Å²) >= 11 is 0. The minimum absolute atomic E-state index is 0.243. The minimum atomic E-state index is -0.243. The van der Waals surface area contributed by atoms with Crippen LogP contribution >= 0.6 is 0 Å². The molecule has 18 heavy (non-hydrogen) atoms. The molecule has 1 heterocycles. The predicted molar refractivity (Wildman–Crippen MR) is 68.7 cm³/mol. The molecule has 5 heteroatoms. The Kier molecular flexibility index (Phi) is 2.76. The van der Waals surface area contributed by atoms with E-state index in [1.54, 1.807) is 0 Å². The first-order valence-electron chi connectivity index (χ1n) is 6.20. The zero-order valence-electron chi connectivity index (χ0n) is 10.3. The number of hydrogen-bond donors (Lipinski definition) is 2. The van der Waals surface area contributed by atoms with Gasteiger partial charge in [0, 0.05) is 5.69 Å². The average molecular weight is 244 g/mol. The molecule has 0 saturated carbocycles. The summed E-state index contributed by atoms with van der Waals surface area (Å²) in [7, 11) is 0. The van der Waals surface area contributed by atoms with Crippen LogP contribution in [0, 0.1) is 0 Å². The maximum absolute atomic E-state index is 5.67. The quantitative estimate of drug-likeness (QED) is 0.866. The molecule has 94 valence electrons. The number of nitrogens with one attached hydrogen (secondary N) is 1. The molecular weight excluding hydrogens is 228 g/mol. The van der Waals surface area contributed by atoms with Gasteiger partial charge in [-0.15, -0.1) is 5.10 Å². The van der Waals surface area contributed by atoms with Crippen molar-refractivity contribution in [2.75, 3.05) is 5.32 Å². The normalized spacial score (nSPS) is 15.4. The van der Waals surface area contributed by atoms with Gasteiger partial charge in [0.25, 0.3) is 0 Å². The van der Waals surface area contributed by atoms with Crippen molar-refractivity contribution in [1.82, 2.24) is 10.2 Å². The standard InChI is InChI=1S/C13H16N4O/c1-8(14)12-16-17-13(18-12)15-11-6-5-9-3-2-4-10(9)7-11/h5-8H,2-4,14H2,1H3,(H,15,17). The second-order valence-electron chi connectivity index (χ2n) is 4.70. The maximum Gasteiger partial charge on any atom is 0.320 e. The number of aryl methyl sites for hydroxylation is 2. The van der Waals surface area contributed by atoms with Crippen LogP contribution in [0.4, 0.5) is 11.7 Å². The molecule has 0 amide bonds. The van der Waals surface area contributed by atoms with Gasteiger partial charge >= 0.3 is 6.01 Å². The highest BCUT2D eigenvalue weighted by Gasteiger charge is 2.13. The summed E-state index contributed by atoms with van der Waals surface area (Å²) in [5.41, 5.74) is 9.51. The van der Waals surface area contributed by atoms with Crippen molar-refractivity contribution in [2.45, 2.75) is 32.2 Å². The van der Waals surface area contributed by atoms with E-state index in [2.05, 4.69) is 27.6 Å². The molecule has 0 spiro atoms. The molecule has 1 aromatic carbocycles. The van der Waals surface area contributed by atoms with Crippen molar-refractivity contribution in [3.8, 4) is 0 Å². The molecule has 1 aliphatic rings. The number of anilines is 2. The van der Waals surface area contributed by atoms with Gasteiger partial charge in [0.1, 0.15) is 0 Å². The van der Waals surface area contributed by atoms with E-state index in [0.717, 1.165) is 12.1 Å². The van der Waals surface area contributed by atoms with Gasteiger partial charge < -0.3 is 15.5 Å². The Labute approximate surface area is 105 Å². The van der Waals surface area contributed by atoms with Crippen molar-refractivity contribution in [3.63, 3.8) is 0 Å². The third kappa shape index (κ3) is 2.09. The monoisotopic (exact) mass is 244 g/mol. The van der Waals surface area contributed by atoms with Crippen LogP contribution < -0.4 is 11.1 Å². The number of aromatic nitrogens is 2. The summed E-state index contributed by atoms with van der Waals surface area (Å²) in [4.78, 5) is 0. The maximum atomic E-state index is 5.67. The molecule has 1 aliphatic carbocycles. The fourth-order valence-corrected chi connectivity index (χ4v) is 2.24. The molecular formula is C13H16N4O. The SMILES string of the molecule is CC(N)c1nnc(Nc2ccc3c(c2)CCC3)o1. The first kappa shape index (κ1) is 11.2. The number of rotatable bonds is 3. The molecule has 0 aliphatic heterocycles. The highest BCUT2D eigenvalue weighted by atomic mass is 16.4. The van der Waals surface area contributed by atoms with E-state index in [0.29, 0.717) is 11.9 Å². The molecule has 0 saturated heterocycles. The molecule has 1 aromatic heterocycles. The largest absolute Gasteiger partial charge is 0.406 e. The topological polar surface area (TPSA) is 77.0 Å². The molecule has 2 aromatic rings. The highest BCUT2D eigenvalue weighted by molar-refractivity contribution is 5.55. The zero-order chi connectivity index (χ0) is 12.5. The predicted octanol–water partition coefficient (Wildman–Crippen LogP) is 2.32. The molecule has 1 atom stereocenters. The molecule has 0 radical (unpaired) electrons. The van der Waals surface area contributed by atoms with Gasteiger partial charge in [-0.3, -0.25) is 0 Å². The lowest BCUT2D eigenvalue weighted by molar-refractivity contribution is 0.475. The minimum Gasteiger partial charge on any atom is -0.406 e. The number of benzene rings is 1. The zero-order valence-corrected chi connectivity index (χ0v) is 10.3. The molecule has 3 rings (SSSR count). The van der Waals surface area contributed by atoms with Gasteiger partial charge in [-0.05, 0) is 49.4 Å². The van der Waals surface area contributed by atoms with Crippen LogP contribution in [-0.2, 0) is 12.8 Å². The van der Waals surface area contributed by atoms with Crippen LogP contribution in [0.2, 0.25) is 0 Å². The Morgan fingerprint density at radius 3 is 2.89 bits per heavy atom. The third-order valence-electron chi connectivity index (χ3n) is 3.18. The van der Waals surface area contributed by atoms with Gasteiger partial charge in [0.05, 0.1) is 6.04 Å². The lowest BCUT2D eigenvalue weighted by Crippen LogP contribution is -2.04. The molecule has 3 N–H and O–H groups in total. The van der Waals surface area contributed by atoms with E-state index < -0.39 is 0 Å². The Bertz CT molecular complexity index is 562. The van der Waals surface area contributed by atoms with Gasteiger partial charge in [-0.25, -0.2) is 0 Å². The fourth-order valence-electron chi connectivity index (χ4n) is 2.24. The number of hydrogen-bond acceptors (Lipinski definition) is 5. The second kappa shape index (κ2) is 4.42. The summed E-state index contributed by atoms with van der Waals surface area (Å²) < 4.78 is 5.41. The van der Waals surface area contributed by atoms with E-state index in [-0.39, 0.29) is 6.04 Å². The Morgan fingerprint density at radius 1 is 1.28 bits per heavy atom. The summed E-state index contributed by atoms with van der Waals surface area (Å²) in [5, 5.41) is 10.9. The molecule has 0 fully saturated rings. The number of nitrogens with zero attached hydrogens (tertiary/aromatic N) is 2. The summed E-state index contributed by atoms with van der Waals surface area (Å²) in [6.07, 6.45) is 3.58. The van der Waals surface area contributed by atoms with E-state index >= 15 is 0 Å². The van der Waals surface area contributed by atoms with E-state index in [1.165, 1.54) is 24.0 Å². The number of nitrogens with two attached hydrogens (primary N) is 1. The van der Waals surface area contributed by atoms with Crippen LogP contribution in [0.5, 0.6) is 0 Å². The van der Waals surface area contributed by atoms with Gasteiger partial charge in [-0.2, -0.15) is 0 Å². The number of fused-ring (bicyclic) bond motifs is 1. The summed E-state index contributed by atoms with van der Waals surface area (Å²) in [6.45, 7) is 1.81. The molecule has 5 nitrogen and oxygen atoms in total. The first-order chi connectivity index (χ1) is 8.72. The smallest absolute Gasteiger partial charge is 0.320 e. The molecule has 1 unspecified atom stereocenters. The summed E-state index contributed by atoms with van der Waals surface area (Å²) in [6, 6.07) is 6.50. The van der Waals surface area contributed by atoms with Gasteiger partial charge in [0.2, 0.25) is 5.89 Å². The Morgan fingerprint density at radius 2 is 2.11 bits per heavy atom. The van der Waals surface area contributed by atoms with Crippen molar-refractivity contribution in [1.29, 1.82) is 0 Å². The Hall–Kier alpha value is -1.88.